The van der Waals surface area contributed by atoms with E-state index in [-0.39, 0.29) is 5.91 Å². The topological polar surface area (TPSA) is 101 Å². The molecule has 0 saturated carbocycles. The Morgan fingerprint density at radius 3 is 2.67 bits per heavy atom. The fraction of sp³-hybridized carbons (Fsp3) is 0.107. The summed E-state index contributed by atoms with van der Waals surface area (Å²) in [4.78, 5) is 20.2. The Kier molecular flexibility index (Phi) is 5.44. The highest BCUT2D eigenvalue weighted by Crippen LogP contribution is 2.45. The molecule has 1 aliphatic rings. The number of aromatic nitrogens is 1. The molecule has 6 rings (SSSR count). The molecule has 0 fully saturated rings. The average molecular weight is 509 g/mol. The van der Waals surface area contributed by atoms with Crippen molar-refractivity contribution in [1.82, 2.24) is 4.98 Å². The second-order valence-electron chi connectivity index (χ2n) is 8.46. The van der Waals surface area contributed by atoms with Crippen LogP contribution < -0.4 is 15.8 Å². The fourth-order valence-electron chi connectivity index (χ4n) is 4.60. The van der Waals surface area contributed by atoms with E-state index >= 15 is 0 Å². The molecule has 0 aliphatic heterocycles. The monoisotopic (exact) mass is 508 g/mol. The van der Waals surface area contributed by atoms with Gasteiger partial charge in [0.15, 0.2) is 0 Å². The van der Waals surface area contributed by atoms with Crippen LogP contribution in [0.2, 0.25) is 0 Å². The van der Waals surface area contributed by atoms with E-state index in [1.165, 1.54) is 28.2 Å². The van der Waals surface area contributed by atoms with Crippen LogP contribution in [0.25, 0.3) is 31.9 Å². The van der Waals surface area contributed by atoms with Crippen molar-refractivity contribution >= 4 is 49.5 Å². The maximum Gasteiger partial charge on any atom is 0.268 e. The summed E-state index contributed by atoms with van der Waals surface area (Å²) >= 11 is 2.70. The molecule has 0 spiro atoms. The molecule has 0 atom stereocenters. The summed E-state index contributed by atoms with van der Waals surface area (Å²) in [6.45, 7) is 0. The zero-order valence-electron chi connectivity index (χ0n) is 19.3. The number of hydrogen-bond donors (Lipinski definition) is 2. The second kappa shape index (κ2) is 8.79. The van der Waals surface area contributed by atoms with Gasteiger partial charge in [0.25, 0.3) is 5.91 Å². The second-order valence-corrected chi connectivity index (χ2v) is 10.5. The molecule has 3 N–H and O–H groups in total. The normalized spacial score (nSPS) is 12.0. The molecule has 1 amide bonds. The molecule has 6 nitrogen and oxygen atoms in total. The highest BCUT2D eigenvalue weighted by molar-refractivity contribution is 7.22. The molecule has 0 saturated heterocycles. The first-order valence-corrected chi connectivity index (χ1v) is 13.0. The maximum absolute atomic E-state index is 13.3. The predicted molar refractivity (Wildman–Crippen MR) is 146 cm³/mol. The van der Waals surface area contributed by atoms with Gasteiger partial charge in [-0.15, -0.1) is 22.7 Å². The van der Waals surface area contributed by atoms with Gasteiger partial charge in [0.05, 0.1) is 24.1 Å². The number of fused-ring (bicyclic) bond motifs is 4. The summed E-state index contributed by atoms with van der Waals surface area (Å²) in [5.41, 5.74) is 12.5. The molecule has 1 aliphatic carbocycles. The smallest absolute Gasteiger partial charge is 0.268 e. The van der Waals surface area contributed by atoms with Crippen molar-refractivity contribution in [2.24, 2.45) is 0 Å². The van der Waals surface area contributed by atoms with Crippen LogP contribution in [0.15, 0.2) is 60.7 Å². The number of methoxy groups -OCH3 is 1. The number of nitrogen functional groups attached to an aromatic ring is 1. The number of carbonyl (C=O) groups excluding carboxylic acids is 1. The molecule has 0 bridgehead atoms. The Bertz CT molecular complexity index is 1690. The van der Waals surface area contributed by atoms with Crippen LogP contribution in [0.1, 0.15) is 26.4 Å². The predicted octanol–water partition coefficient (Wildman–Crippen LogP) is 6.51. The van der Waals surface area contributed by atoms with Gasteiger partial charge in [-0.3, -0.25) is 4.79 Å². The number of pyridine rings is 1. The Morgan fingerprint density at radius 1 is 1.08 bits per heavy atom. The number of nitrogens with one attached hydrogen (secondary N) is 1. The lowest BCUT2D eigenvalue weighted by Gasteiger charge is -2.15. The lowest BCUT2D eigenvalue weighted by atomic mass is 9.90. The summed E-state index contributed by atoms with van der Waals surface area (Å²) in [6.07, 6.45) is 1.66. The van der Waals surface area contributed by atoms with Gasteiger partial charge in [0.2, 0.25) is 0 Å². The summed E-state index contributed by atoms with van der Waals surface area (Å²) in [5, 5.41) is 14.2. The zero-order chi connectivity index (χ0) is 24.8. The summed E-state index contributed by atoms with van der Waals surface area (Å²) < 4.78 is 5.23. The van der Waals surface area contributed by atoms with E-state index in [4.69, 9.17) is 15.5 Å². The molecule has 8 heteroatoms. The van der Waals surface area contributed by atoms with E-state index in [0.717, 1.165) is 51.2 Å². The highest BCUT2D eigenvalue weighted by atomic mass is 32.1. The van der Waals surface area contributed by atoms with Crippen molar-refractivity contribution in [3.63, 3.8) is 0 Å². The molecular weight excluding hydrogens is 488 g/mol. The van der Waals surface area contributed by atoms with Gasteiger partial charge in [0, 0.05) is 15.8 Å². The minimum atomic E-state index is -0.329. The molecule has 0 radical (unpaired) electrons. The van der Waals surface area contributed by atoms with Crippen LogP contribution in [0.3, 0.4) is 0 Å². The number of rotatable bonds is 4. The minimum absolute atomic E-state index is 0.329. The van der Waals surface area contributed by atoms with Gasteiger partial charge in [-0.1, -0.05) is 24.3 Å². The van der Waals surface area contributed by atoms with Crippen LogP contribution in [0, 0.1) is 11.3 Å². The first kappa shape index (κ1) is 22.3. The number of hydrogen-bond acceptors (Lipinski definition) is 7. The van der Waals surface area contributed by atoms with Crippen LogP contribution in [-0.2, 0) is 12.8 Å². The number of benzene rings is 2. The van der Waals surface area contributed by atoms with Gasteiger partial charge in [-0.05, 0) is 65.9 Å². The Morgan fingerprint density at radius 2 is 1.89 bits per heavy atom. The third-order valence-corrected chi connectivity index (χ3v) is 8.73. The quantitative estimate of drug-likeness (QED) is 0.288. The fourth-order valence-corrected chi connectivity index (χ4v) is 6.84. The van der Waals surface area contributed by atoms with E-state index in [2.05, 4.69) is 23.5 Å². The lowest BCUT2D eigenvalue weighted by molar-refractivity contribution is 0.103. The first-order valence-electron chi connectivity index (χ1n) is 11.4. The SMILES string of the molecule is COc1ccc(-c2ccc3c(N)c(C(=O)Nc4sc5c(c4C#N)CCc4ccccc4-5)sc3n2)cc1. The van der Waals surface area contributed by atoms with Gasteiger partial charge < -0.3 is 15.8 Å². The van der Waals surface area contributed by atoms with Crippen LogP contribution >= 0.6 is 22.7 Å². The van der Waals surface area contributed by atoms with Gasteiger partial charge >= 0.3 is 0 Å². The Balaban J connectivity index is 1.34. The van der Waals surface area contributed by atoms with Gasteiger partial charge in [0.1, 0.15) is 26.5 Å². The Labute approximate surface area is 215 Å². The third-order valence-electron chi connectivity index (χ3n) is 6.44. The van der Waals surface area contributed by atoms with Crippen LogP contribution in [0.5, 0.6) is 5.75 Å². The molecule has 176 valence electrons. The first-order chi connectivity index (χ1) is 17.6. The molecule has 3 heterocycles. The molecular formula is C28H20N4O2S2. The number of thiophene rings is 2. The van der Waals surface area contributed by atoms with Crippen LogP contribution in [0.4, 0.5) is 10.7 Å². The van der Waals surface area contributed by atoms with Crippen molar-refractivity contribution in [1.29, 1.82) is 5.26 Å². The number of carbonyl (C=O) groups is 1. The zero-order valence-corrected chi connectivity index (χ0v) is 20.9. The van der Waals surface area contributed by atoms with Crippen molar-refractivity contribution < 1.29 is 9.53 Å². The van der Waals surface area contributed by atoms with E-state index in [9.17, 15) is 10.1 Å². The number of nitrogens with two attached hydrogens (primary N) is 1. The minimum Gasteiger partial charge on any atom is -0.497 e. The van der Waals surface area contributed by atoms with Crippen molar-refractivity contribution in [3.05, 3.63) is 82.2 Å². The van der Waals surface area contributed by atoms with E-state index in [0.29, 0.717) is 26.0 Å². The van der Waals surface area contributed by atoms with E-state index in [1.54, 1.807) is 7.11 Å². The van der Waals surface area contributed by atoms with Crippen molar-refractivity contribution in [2.45, 2.75) is 12.8 Å². The largest absolute Gasteiger partial charge is 0.497 e. The highest BCUT2D eigenvalue weighted by Gasteiger charge is 2.26. The van der Waals surface area contributed by atoms with Crippen molar-refractivity contribution in [2.75, 3.05) is 18.2 Å². The summed E-state index contributed by atoms with van der Waals surface area (Å²) in [6, 6.07) is 22.0. The van der Waals surface area contributed by atoms with E-state index < -0.39 is 0 Å². The maximum atomic E-state index is 13.3. The number of ether oxygens (including phenoxy) is 1. The van der Waals surface area contributed by atoms with E-state index in [1.807, 2.05) is 48.5 Å². The molecule has 5 aromatic rings. The lowest BCUT2D eigenvalue weighted by Crippen LogP contribution is -2.12. The molecule has 0 unspecified atom stereocenters. The Hall–Kier alpha value is -4.19. The number of aryl methyl sites for hydroxylation is 1. The summed E-state index contributed by atoms with van der Waals surface area (Å²) in [7, 11) is 1.63. The summed E-state index contributed by atoms with van der Waals surface area (Å²) in [5.74, 6) is 0.444. The number of anilines is 2. The molecule has 2 aromatic carbocycles. The number of nitriles is 1. The standard InChI is InChI=1S/C28H20N4O2S2/c1-34-17-9-6-16(7-10-17)22-13-12-20-23(30)25(36-27(20)31-22)26(33)32-28-21(14-29)19-11-8-15-4-2-3-5-18(15)24(19)35-28/h2-7,9-10,12-13H,8,11,30H2,1H3,(H,32,33). The number of nitrogens with zero attached hydrogens (tertiary/aromatic N) is 2. The third kappa shape index (κ3) is 3.61. The molecule has 36 heavy (non-hydrogen) atoms. The van der Waals surface area contributed by atoms with Gasteiger partial charge in [-0.2, -0.15) is 5.26 Å². The molecule has 3 aromatic heterocycles. The van der Waals surface area contributed by atoms with Gasteiger partial charge in [-0.25, -0.2) is 4.98 Å². The van der Waals surface area contributed by atoms with Crippen LogP contribution in [-0.4, -0.2) is 18.0 Å². The average Bonchev–Trinajstić information content (AvgIpc) is 3.45. The van der Waals surface area contributed by atoms with Crippen molar-refractivity contribution in [3.8, 4) is 33.5 Å². The number of amides is 1.